The standard InChI is InChI=1S/C16H16F6O2/c1-3-23-12-7-6-11(10-5-4-9(2)24-8-10)13(15(17,18)19)14(12)16(20,21)22/h5-7,9H,3-4,8H2,1-2H3. The maximum Gasteiger partial charge on any atom is 0.420 e. The summed E-state index contributed by atoms with van der Waals surface area (Å²) in [6, 6.07) is 1.93. The van der Waals surface area contributed by atoms with Gasteiger partial charge in [-0.25, -0.2) is 0 Å². The summed E-state index contributed by atoms with van der Waals surface area (Å²) in [4.78, 5) is 0. The third-order valence-electron chi connectivity index (χ3n) is 3.60. The summed E-state index contributed by atoms with van der Waals surface area (Å²) < 4.78 is 90.5. The number of ether oxygens (including phenoxy) is 2. The Hall–Kier alpha value is -1.70. The van der Waals surface area contributed by atoms with Crippen LogP contribution in [0.3, 0.4) is 0 Å². The highest BCUT2D eigenvalue weighted by Crippen LogP contribution is 2.48. The average Bonchev–Trinajstić information content (AvgIpc) is 2.46. The molecule has 8 heteroatoms. The van der Waals surface area contributed by atoms with Crippen LogP contribution >= 0.6 is 0 Å². The molecule has 134 valence electrons. The average molecular weight is 354 g/mol. The minimum atomic E-state index is -5.20. The van der Waals surface area contributed by atoms with Crippen molar-refractivity contribution in [3.8, 4) is 5.75 Å². The van der Waals surface area contributed by atoms with Gasteiger partial charge in [-0.1, -0.05) is 12.1 Å². The van der Waals surface area contributed by atoms with Crippen LogP contribution in [0.25, 0.3) is 5.57 Å². The molecule has 1 aromatic carbocycles. The summed E-state index contributed by atoms with van der Waals surface area (Å²) in [5, 5.41) is 0. The largest absolute Gasteiger partial charge is 0.493 e. The van der Waals surface area contributed by atoms with E-state index in [2.05, 4.69) is 0 Å². The summed E-state index contributed by atoms with van der Waals surface area (Å²) in [5.74, 6) is -0.827. The Morgan fingerprint density at radius 2 is 1.71 bits per heavy atom. The predicted octanol–water partition coefficient (Wildman–Crippen LogP) is 5.32. The molecule has 0 fully saturated rings. The lowest BCUT2D eigenvalue weighted by atomic mass is 9.92. The van der Waals surface area contributed by atoms with E-state index in [1.54, 1.807) is 6.92 Å². The van der Waals surface area contributed by atoms with E-state index in [0.29, 0.717) is 6.42 Å². The first-order valence-corrected chi connectivity index (χ1v) is 7.30. The number of benzene rings is 1. The third-order valence-corrected chi connectivity index (χ3v) is 3.60. The predicted molar refractivity (Wildman–Crippen MR) is 75.6 cm³/mol. The SMILES string of the molecule is CCOc1ccc(C2=CCC(C)OC2)c(C(F)(F)F)c1C(F)(F)F. The van der Waals surface area contributed by atoms with Crippen molar-refractivity contribution in [1.29, 1.82) is 0 Å². The molecule has 2 rings (SSSR count). The summed E-state index contributed by atoms with van der Waals surface area (Å²) in [6.07, 6.45) is -8.75. The van der Waals surface area contributed by atoms with Crippen LogP contribution in [0.5, 0.6) is 5.75 Å². The minimum Gasteiger partial charge on any atom is -0.493 e. The van der Waals surface area contributed by atoms with Gasteiger partial charge in [0.2, 0.25) is 0 Å². The molecule has 1 aromatic rings. The van der Waals surface area contributed by atoms with Gasteiger partial charge in [0.05, 0.1) is 24.9 Å². The van der Waals surface area contributed by atoms with Crippen molar-refractivity contribution in [1.82, 2.24) is 0 Å². The second-order valence-electron chi connectivity index (χ2n) is 5.38. The molecule has 1 aliphatic heterocycles. The number of hydrogen-bond donors (Lipinski definition) is 0. The second kappa shape index (κ2) is 6.66. The first-order valence-electron chi connectivity index (χ1n) is 7.30. The normalized spacial score (nSPS) is 19.2. The highest BCUT2D eigenvalue weighted by atomic mass is 19.4. The maximum absolute atomic E-state index is 13.5. The monoisotopic (exact) mass is 354 g/mol. The van der Waals surface area contributed by atoms with Gasteiger partial charge in [0.1, 0.15) is 11.3 Å². The van der Waals surface area contributed by atoms with Crippen LogP contribution in [0.4, 0.5) is 26.3 Å². The Morgan fingerprint density at radius 3 is 2.17 bits per heavy atom. The van der Waals surface area contributed by atoms with E-state index in [4.69, 9.17) is 9.47 Å². The third kappa shape index (κ3) is 3.85. The van der Waals surface area contributed by atoms with Gasteiger partial charge in [-0.15, -0.1) is 0 Å². The van der Waals surface area contributed by atoms with Crippen molar-refractivity contribution >= 4 is 5.57 Å². The van der Waals surface area contributed by atoms with E-state index in [9.17, 15) is 26.3 Å². The van der Waals surface area contributed by atoms with Crippen LogP contribution in [0.1, 0.15) is 37.0 Å². The zero-order valence-corrected chi connectivity index (χ0v) is 13.0. The quantitative estimate of drug-likeness (QED) is 0.685. The molecule has 0 amide bonds. The van der Waals surface area contributed by atoms with Crippen LogP contribution in [0.2, 0.25) is 0 Å². The molecule has 24 heavy (non-hydrogen) atoms. The van der Waals surface area contributed by atoms with Crippen molar-refractivity contribution in [2.24, 2.45) is 0 Å². The van der Waals surface area contributed by atoms with E-state index >= 15 is 0 Å². The Kier molecular flexibility index (Phi) is 5.17. The molecule has 0 radical (unpaired) electrons. The first kappa shape index (κ1) is 18.6. The van der Waals surface area contributed by atoms with Crippen molar-refractivity contribution in [3.05, 3.63) is 34.9 Å². The molecule has 1 heterocycles. The lowest BCUT2D eigenvalue weighted by Gasteiger charge is -2.25. The molecule has 0 N–H and O–H groups in total. The smallest absolute Gasteiger partial charge is 0.420 e. The van der Waals surface area contributed by atoms with E-state index in [0.717, 1.165) is 12.1 Å². The van der Waals surface area contributed by atoms with E-state index in [-0.39, 0.29) is 24.9 Å². The molecule has 1 aliphatic rings. The van der Waals surface area contributed by atoms with Crippen molar-refractivity contribution in [2.75, 3.05) is 13.2 Å². The van der Waals surface area contributed by atoms with Gasteiger partial charge < -0.3 is 9.47 Å². The fourth-order valence-electron chi connectivity index (χ4n) is 2.56. The van der Waals surface area contributed by atoms with Gasteiger partial charge in [-0.2, -0.15) is 26.3 Å². The molecule has 1 atom stereocenters. The number of alkyl halides is 6. The molecule has 1 unspecified atom stereocenters. The molecule has 0 aromatic heterocycles. The molecular formula is C16H16F6O2. The molecular weight excluding hydrogens is 338 g/mol. The van der Waals surface area contributed by atoms with Gasteiger partial charge in [0.15, 0.2) is 0 Å². The summed E-state index contributed by atoms with van der Waals surface area (Å²) in [7, 11) is 0. The number of hydrogen-bond acceptors (Lipinski definition) is 2. The zero-order valence-electron chi connectivity index (χ0n) is 13.0. The van der Waals surface area contributed by atoms with Crippen LogP contribution < -0.4 is 4.74 Å². The van der Waals surface area contributed by atoms with Gasteiger partial charge in [0.25, 0.3) is 0 Å². The second-order valence-corrected chi connectivity index (χ2v) is 5.38. The maximum atomic E-state index is 13.5. The first-order chi connectivity index (χ1) is 11.1. The molecule has 0 spiro atoms. The lowest BCUT2D eigenvalue weighted by molar-refractivity contribution is -0.163. The van der Waals surface area contributed by atoms with E-state index < -0.39 is 34.8 Å². The fourth-order valence-corrected chi connectivity index (χ4v) is 2.56. The Labute approximate surface area is 135 Å². The van der Waals surface area contributed by atoms with Crippen molar-refractivity contribution < 1.29 is 35.8 Å². The molecule has 0 saturated carbocycles. The van der Waals surface area contributed by atoms with Crippen molar-refractivity contribution in [2.45, 2.75) is 38.7 Å². The van der Waals surface area contributed by atoms with Crippen LogP contribution in [0, 0.1) is 0 Å². The Balaban J connectivity index is 2.73. The topological polar surface area (TPSA) is 18.5 Å². The molecule has 0 aliphatic carbocycles. The van der Waals surface area contributed by atoms with Crippen LogP contribution in [-0.2, 0) is 17.1 Å². The number of rotatable bonds is 3. The van der Waals surface area contributed by atoms with Crippen LogP contribution in [-0.4, -0.2) is 19.3 Å². The highest BCUT2D eigenvalue weighted by molar-refractivity contribution is 5.73. The van der Waals surface area contributed by atoms with Gasteiger partial charge in [0, 0.05) is 0 Å². The van der Waals surface area contributed by atoms with Crippen molar-refractivity contribution in [3.63, 3.8) is 0 Å². The zero-order chi connectivity index (χ0) is 18.1. The van der Waals surface area contributed by atoms with Gasteiger partial charge in [-0.05, 0) is 37.5 Å². The lowest BCUT2D eigenvalue weighted by Crippen LogP contribution is -2.22. The molecule has 2 nitrogen and oxygen atoms in total. The minimum absolute atomic E-state index is 0.0916. The highest BCUT2D eigenvalue weighted by Gasteiger charge is 2.47. The summed E-state index contributed by atoms with van der Waals surface area (Å²) in [6.45, 7) is 2.79. The number of halogens is 6. The van der Waals surface area contributed by atoms with Gasteiger partial charge >= 0.3 is 12.4 Å². The molecule has 0 bridgehead atoms. The summed E-state index contributed by atoms with van der Waals surface area (Å²) in [5.41, 5.74) is -3.96. The van der Waals surface area contributed by atoms with Crippen LogP contribution in [0.15, 0.2) is 18.2 Å². The Bertz CT molecular complexity index is 631. The van der Waals surface area contributed by atoms with E-state index in [1.807, 2.05) is 0 Å². The van der Waals surface area contributed by atoms with Gasteiger partial charge in [-0.3, -0.25) is 0 Å². The fraction of sp³-hybridized carbons (Fsp3) is 0.500. The molecule has 0 saturated heterocycles. The Morgan fingerprint density at radius 1 is 1.08 bits per heavy atom. The summed E-state index contributed by atoms with van der Waals surface area (Å²) >= 11 is 0. The van der Waals surface area contributed by atoms with E-state index in [1.165, 1.54) is 13.0 Å².